The Hall–Kier alpha value is -2.83. The molecule has 0 aromatic heterocycles. The molecule has 1 aromatic carbocycles. The van der Waals surface area contributed by atoms with Gasteiger partial charge < -0.3 is 5.11 Å². The number of Topliss-reactive ketones (excluding diaryl/α,β-unsaturated/α-hetero) is 1. The van der Waals surface area contributed by atoms with E-state index < -0.39 is 21.5 Å². The van der Waals surface area contributed by atoms with Crippen molar-refractivity contribution in [1.29, 1.82) is 0 Å². The van der Waals surface area contributed by atoms with Gasteiger partial charge in [-0.25, -0.2) is 4.99 Å². The summed E-state index contributed by atoms with van der Waals surface area (Å²) in [6.07, 6.45) is 5.64. The molecule has 0 amide bonds. The molecule has 0 saturated heterocycles. The zero-order valence-electron chi connectivity index (χ0n) is 25.2. The van der Waals surface area contributed by atoms with Crippen LogP contribution in [0.5, 0.6) is 5.75 Å². The third-order valence-electron chi connectivity index (χ3n) is 6.37. The molecule has 1 aliphatic rings. The zero-order chi connectivity index (χ0) is 29.4. The van der Waals surface area contributed by atoms with Crippen molar-refractivity contribution in [3.8, 4) is 5.75 Å². The molecule has 0 aliphatic heterocycles. The average Bonchev–Trinajstić information content (AvgIpc) is 2.71. The summed E-state index contributed by atoms with van der Waals surface area (Å²) in [5.74, 6) is -0.535. The summed E-state index contributed by atoms with van der Waals surface area (Å²) in [5.41, 5.74) is 1.50. The molecule has 0 fully saturated rings. The second kappa shape index (κ2) is 11.7. The van der Waals surface area contributed by atoms with Crippen LogP contribution in [0, 0.1) is 20.9 Å². The Kier molecular flexibility index (Phi) is 10.3. The van der Waals surface area contributed by atoms with Crippen LogP contribution in [0.25, 0.3) is 0 Å². The van der Waals surface area contributed by atoms with Crippen LogP contribution < -0.4 is 5.11 Å². The van der Waals surface area contributed by atoms with Gasteiger partial charge in [-0.2, -0.15) is 0 Å². The van der Waals surface area contributed by atoms with E-state index >= 15 is 0 Å². The molecular formula is C31H42CuN3O4. The number of carbonyl (C=O) groups excluding carboxylic acids is 1. The van der Waals surface area contributed by atoms with Crippen LogP contribution in [0.4, 0.5) is 5.69 Å². The average molecular weight is 584 g/mol. The minimum atomic E-state index is -0.626. The molecule has 0 heterocycles. The molecule has 0 unspecified atom stereocenters. The summed E-state index contributed by atoms with van der Waals surface area (Å²) in [7, 11) is 0. The predicted octanol–water partition coefficient (Wildman–Crippen LogP) is 7.14. The van der Waals surface area contributed by atoms with E-state index in [0.717, 1.165) is 23.6 Å². The van der Waals surface area contributed by atoms with Gasteiger partial charge in [-0.1, -0.05) is 101 Å². The molecule has 0 atom stereocenters. The number of carbonyl (C=O) groups is 1. The van der Waals surface area contributed by atoms with Gasteiger partial charge in [0.2, 0.25) is 5.78 Å². The van der Waals surface area contributed by atoms with Crippen LogP contribution in [-0.2, 0) is 32.7 Å². The smallest absolute Gasteiger partial charge is 0.871 e. The van der Waals surface area contributed by atoms with Gasteiger partial charge >= 0.3 is 22.8 Å². The normalized spacial score (nSPS) is 16.8. The molecular weight excluding hydrogens is 542 g/mol. The summed E-state index contributed by atoms with van der Waals surface area (Å²) in [6.45, 7) is 23.9. The first-order chi connectivity index (χ1) is 17.0. The first-order valence-corrected chi connectivity index (χ1v) is 12.8. The van der Waals surface area contributed by atoms with Gasteiger partial charge in [0.15, 0.2) is 0 Å². The van der Waals surface area contributed by atoms with Gasteiger partial charge in [0, 0.05) is 5.57 Å². The minimum absolute atomic E-state index is 0. The van der Waals surface area contributed by atoms with Gasteiger partial charge in [-0.15, -0.1) is 0 Å². The van der Waals surface area contributed by atoms with Crippen LogP contribution in [-0.4, -0.2) is 22.6 Å². The van der Waals surface area contributed by atoms with Crippen molar-refractivity contribution in [2.45, 2.75) is 93.9 Å². The minimum Gasteiger partial charge on any atom is -0.871 e. The number of benzene rings is 1. The third-order valence-corrected chi connectivity index (χ3v) is 6.37. The summed E-state index contributed by atoms with van der Waals surface area (Å²) < 4.78 is 0. The van der Waals surface area contributed by atoms with Crippen LogP contribution in [0.2, 0.25) is 0 Å². The maximum Gasteiger partial charge on any atom is 1.00 e. The number of hydrogen-bond donors (Lipinski definition) is 0. The number of allylic oxidation sites excluding steroid dienone is 5. The summed E-state index contributed by atoms with van der Waals surface area (Å²) in [6, 6.07) is 3.58. The van der Waals surface area contributed by atoms with Crippen molar-refractivity contribution in [1.82, 2.24) is 0 Å². The van der Waals surface area contributed by atoms with Crippen molar-refractivity contribution in [2.24, 2.45) is 20.8 Å². The van der Waals surface area contributed by atoms with Crippen LogP contribution in [0.3, 0.4) is 0 Å². The Morgan fingerprint density at radius 3 is 1.85 bits per heavy atom. The number of aliphatic imine (C=N–C) groups is 2. The van der Waals surface area contributed by atoms with E-state index in [1.165, 1.54) is 0 Å². The molecule has 39 heavy (non-hydrogen) atoms. The number of nitrogens with zero attached hydrogens (tertiary/aromatic N) is 3. The number of ketones is 1. The first-order valence-electron chi connectivity index (χ1n) is 12.8. The number of hydrogen-bond acceptors (Lipinski definition) is 6. The molecule has 1 aromatic rings. The van der Waals surface area contributed by atoms with E-state index in [2.05, 4.69) is 9.98 Å². The SMILES string of the molecule is CC(C)(C)C1=CC(=N/C=C(\C=Nc2cc(C(C)(C)C)cc(C(C)(C)C)c2[O-])[N+](=O)[O-])C(=O)C(C(C)(C)C)=C1.[Cu+]. The molecule has 1 aliphatic carbocycles. The van der Waals surface area contributed by atoms with E-state index in [1.54, 1.807) is 12.1 Å². The fourth-order valence-corrected chi connectivity index (χ4v) is 3.80. The largest absolute Gasteiger partial charge is 1.00 e. The Bertz CT molecular complexity index is 1290. The molecule has 0 bridgehead atoms. The van der Waals surface area contributed by atoms with Gasteiger partial charge in [0.25, 0.3) is 0 Å². The van der Waals surface area contributed by atoms with Crippen molar-refractivity contribution in [3.05, 3.63) is 68.6 Å². The first kappa shape index (κ1) is 34.2. The topological polar surface area (TPSA) is 108 Å². The molecule has 2 rings (SSSR count). The molecule has 7 nitrogen and oxygen atoms in total. The van der Waals surface area contributed by atoms with Crippen molar-refractivity contribution in [3.63, 3.8) is 0 Å². The summed E-state index contributed by atoms with van der Waals surface area (Å²) in [4.78, 5) is 32.9. The third kappa shape index (κ3) is 8.58. The summed E-state index contributed by atoms with van der Waals surface area (Å²) in [5, 5.41) is 25.0. The Morgan fingerprint density at radius 2 is 1.41 bits per heavy atom. The van der Waals surface area contributed by atoms with Gasteiger partial charge in [-0.05, 0) is 50.5 Å². The van der Waals surface area contributed by atoms with E-state index in [0.29, 0.717) is 11.1 Å². The molecule has 0 saturated carbocycles. The Morgan fingerprint density at radius 1 is 0.846 bits per heavy atom. The van der Waals surface area contributed by atoms with Gasteiger partial charge in [0.05, 0.1) is 10.6 Å². The predicted molar refractivity (Wildman–Crippen MR) is 154 cm³/mol. The van der Waals surface area contributed by atoms with E-state index in [9.17, 15) is 20.0 Å². The van der Waals surface area contributed by atoms with Gasteiger partial charge in [-0.3, -0.25) is 19.9 Å². The maximum absolute atomic E-state index is 13.2. The number of nitro groups is 1. The number of rotatable bonds is 4. The zero-order valence-corrected chi connectivity index (χ0v) is 26.2. The van der Waals surface area contributed by atoms with Crippen molar-refractivity contribution in [2.75, 3.05) is 0 Å². The molecule has 216 valence electrons. The second-order valence-corrected chi connectivity index (χ2v) is 13.9. The molecule has 0 spiro atoms. The fraction of sp³-hybridized carbons (Fsp3) is 0.516. The monoisotopic (exact) mass is 583 g/mol. The molecule has 0 radical (unpaired) electrons. The quantitative estimate of drug-likeness (QED) is 0.123. The van der Waals surface area contributed by atoms with E-state index in [4.69, 9.17) is 0 Å². The summed E-state index contributed by atoms with van der Waals surface area (Å²) >= 11 is 0. The van der Waals surface area contributed by atoms with E-state index in [1.807, 2.05) is 95.2 Å². The van der Waals surface area contributed by atoms with Crippen molar-refractivity contribution >= 4 is 23.4 Å². The van der Waals surface area contributed by atoms with E-state index in [-0.39, 0.29) is 50.8 Å². The van der Waals surface area contributed by atoms with Crippen LogP contribution >= 0.6 is 0 Å². The standard InChI is InChI=1S/C31H43N3O4.Cu/c1-28(2,3)19-13-22(30(7,8)9)26(35)24(15-19)32-17-21(34(37)38)18-33-25-16-20(29(4,5)6)14-23(27(25)36)31(10,11)12;/h13-18,35H,1-12H3;/q;+1/p-1/b21-18+,32-17?,33-25?;. The maximum atomic E-state index is 13.2. The second-order valence-electron chi connectivity index (χ2n) is 13.9. The van der Waals surface area contributed by atoms with Gasteiger partial charge in [0.1, 0.15) is 18.1 Å². The van der Waals surface area contributed by atoms with Crippen molar-refractivity contribution < 1.29 is 31.9 Å². The van der Waals surface area contributed by atoms with Crippen LogP contribution in [0.15, 0.2) is 57.3 Å². The Labute approximate surface area is 243 Å². The molecule has 0 N–H and O–H groups in total. The van der Waals surface area contributed by atoms with Crippen LogP contribution in [0.1, 0.15) is 94.2 Å². The fourth-order valence-electron chi connectivity index (χ4n) is 3.80. The molecule has 8 heteroatoms. The Balaban J connectivity index is 0.00000760.